The van der Waals surface area contributed by atoms with Crippen LogP contribution in [-0.4, -0.2) is 49.6 Å². The number of fused-ring (bicyclic) bond motifs is 1. The van der Waals surface area contributed by atoms with Crippen molar-refractivity contribution in [1.29, 1.82) is 0 Å². The number of nitrogens with zero attached hydrogens (tertiary/aromatic N) is 2. The van der Waals surface area contributed by atoms with Crippen molar-refractivity contribution < 1.29 is 19.0 Å². The van der Waals surface area contributed by atoms with E-state index in [1.54, 1.807) is 0 Å². The van der Waals surface area contributed by atoms with E-state index in [0.717, 1.165) is 53.9 Å². The summed E-state index contributed by atoms with van der Waals surface area (Å²) in [7, 11) is 0. The number of para-hydroxylation sites is 2. The number of anilines is 2. The van der Waals surface area contributed by atoms with Crippen molar-refractivity contribution in [2.45, 2.75) is 25.6 Å². The molecule has 3 heterocycles. The molecule has 1 aromatic heterocycles. The molecule has 2 aliphatic heterocycles. The van der Waals surface area contributed by atoms with Gasteiger partial charge in [0.2, 0.25) is 0 Å². The van der Waals surface area contributed by atoms with Gasteiger partial charge in [0.05, 0.1) is 13.2 Å². The van der Waals surface area contributed by atoms with E-state index >= 15 is 0 Å². The molecule has 0 bridgehead atoms. The molecule has 2 fully saturated rings. The molecule has 0 atom stereocenters. The summed E-state index contributed by atoms with van der Waals surface area (Å²) < 4.78 is 17.5. The van der Waals surface area contributed by atoms with Gasteiger partial charge < -0.3 is 24.4 Å². The predicted octanol–water partition coefficient (Wildman–Crippen LogP) is 3.90. The summed E-state index contributed by atoms with van der Waals surface area (Å²) in [6.07, 6.45) is 1.65. The van der Waals surface area contributed by atoms with Gasteiger partial charge >= 0.3 is 0 Å². The molecule has 0 unspecified atom stereocenters. The molecule has 166 valence electrons. The molecule has 1 N–H and O–H groups in total. The van der Waals surface area contributed by atoms with Crippen molar-refractivity contribution in [2.24, 2.45) is 0 Å². The van der Waals surface area contributed by atoms with Crippen molar-refractivity contribution in [1.82, 2.24) is 4.98 Å². The molecule has 3 aromatic rings. The molecule has 1 spiro atoms. The third kappa shape index (κ3) is 4.26. The number of nitrogens with one attached hydrogen (secondary N) is 1. The molecule has 0 radical (unpaired) electrons. The highest BCUT2D eigenvalue weighted by Crippen LogP contribution is 2.34. The van der Waals surface area contributed by atoms with Crippen LogP contribution in [0.25, 0.3) is 10.9 Å². The Hall–Kier alpha value is -3.16. The number of aromatic nitrogens is 1. The van der Waals surface area contributed by atoms with Gasteiger partial charge in [-0.1, -0.05) is 30.3 Å². The van der Waals surface area contributed by atoms with Crippen LogP contribution in [0.4, 0.5) is 11.5 Å². The lowest BCUT2D eigenvalue weighted by molar-refractivity contribution is -0.169. The van der Waals surface area contributed by atoms with Gasteiger partial charge in [-0.3, -0.25) is 4.79 Å². The Morgan fingerprint density at radius 2 is 1.84 bits per heavy atom. The standard InChI is InChI=1S/C25H27N3O4/c1-18-5-2-3-7-20(18)26-23(29)17-30-21-8-4-6-19-9-10-22(27-24(19)21)28-13-11-25(12-14-28)31-15-16-32-25/h2-10H,11-17H2,1H3,(H,26,29). The lowest BCUT2D eigenvalue weighted by atomic mass is 10.0. The largest absolute Gasteiger partial charge is 0.481 e. The number of carbonyl (C=O) groups is 1. The van der Waals surface area contributed by atoms with Gasteiger partial charge in [-0.25, -0.2) is 4.98 Å². The minimum atomic E-state index is -0.411. The fraction of sp³-hybridized carbons (Fsp3) is 0.360. The summed E-state index contributed by atoms with van der Waals surface area (Å²) in [4.78, 5) is 19.5. The molecule has 5 rings (SSSR count). The first-order valence-corrected chi connectivity index (χ1v) is 11.0. The molecular weight excluding hydrogens is 406 g/mol. The SMILES string of the molecule is Cc1ccccc1NC(=O)COc1cccc2ccc(N3CCC4(CC3)OCCO4)nc12. The van der Waals surface area contributed by atoms with E-state index in [9.17, 15) is 4.79 Å². The molecule has 2 aromatic carbocycles. The summed E-state index contributed by atoms with van der Waals surface area (Å²) in [5, 5.41) is 3.87. The minimum Gasteiger partial charge on any atom is -0.481 e. The molecule has 2 aliphatic rings. The van der Waals surface area contributed by atoms with E-state index in [1.807, 2.05) is 61.5 Å². The fourth-order valence-corrected chi connectivity index (χ4v) is 4.31. The monoisotopic (exact) mass is 433 g/mol. The summed E-state index contributed by atoms with van der Waals surface area (Å²) in [5.74, 6) is 0.878. The van der Waals surface area contributed by atoms with Crippen molar-refractivity contribution in [3.63, 3.8) is 0 Å². The zero-order valence-electron chi connectivity index (χ0n) is 18.2. The zero-order valence-corrected chi connectivity index (χ0v) is 18.2. The van der Waals surface area contributed by atoms with Gasteiger partial charge in [-0.05, 0) is 36.8 Å². The highest BCUT2D eigenvalue weighted by molar-refractivity contribution is 5.93. The van der Waals surface area contributed by atoms with E-state index in [-0.39, 0.29) is 12.5 Å². The maximum atomic E-state index is 12.4. The number of carbonyl (C=O) groups excluding carboxylic acids is 1. The van der Waals surface area contributed by atoms with Crippen LogP contribution in [0.1, 0.15) is 18.4 Å². The second-order valence-corrected chi connectivity index (χ2v) is 8.24. The van der Waals surface area contributed by atoms with Crippen LogP contribution in [0.15, 0.2) is 54.6 Å². The van der Waals surface area contributed by atoms with Gasteiger partial charge in [0.25, 0.3) is 5.91 Å². The van der Waals surface area contributed by atoms with E-state index in [0.29, 0.717) is 19.0 Å². The number of amides is 1. The van der Waals surface area contributed by atoms with E-state index in [2.05, 4.69) is 10.2 Å². The number of pyridine rings is 1. The average Bonchev–Trinajstić information content (AvgIpc) is 3.27. The second-order valence-electron chi connectivity index (χ2n) is 8.24. The normalized spacial score (nSPS) is 17.6. The van der Waals surface area contributed by atoms with Gasteiger partial charge in [-0.15, -0.1) is 0 Å². The van der Waals surface area contributed by atoms with E-state index < -0.39 is 5.79 Å². The first kappa shape index (κ1) is 20.7. The number of hydrogen-bond acceptors (Lipinski definition) is 6. The Morgan fingerprint density at radius 3 is 2.62 bits per heavy atom. The quantitative estimate of drug-likeness (QED) is 0.658. The van der Waals surface area contributed by atoms with Crippen LogP contribution < -0.4 is 15.0 Å². The van der Waals surface area contributed by atoms with Crippen molar-refractivity contribution in [2.75, 3.05) is 43.1 Å². The molecule has 2 saturated heterocycles. The predicted molar refractivity (Wildman–Crippen MR) is 123 cm³/mol. The van der Waals surface area contributed by atoms with Crippen LogP contribution in [0.3, 0.4) is 0 Å². The third-order valence-electron chi connectivity index (χ3n) is 6.11. The Kier molecular flexibility index (Phi) is 5.68. The lowest BCUT2D eigenvalue weighted by Crippen LogP contribution is -2.45. The van der Waals surface area contributed by atoms with Crippen LogP contribution in [-0.2, 0) is 14.3 Å². The first-order valence-electron chi connectivity index (χ1n) is 11.0. The van der Waals surface area contributed by atoms with Crippen LogP contribution >= 0.6 is 0 Å². The highest BCUT2D eigenvalue weighted by Gasteiger charge is 2.40. The van der Waals surface area contributed by atoms with Gasteiger partial charge in [0.15, 0.2) is 12.4 Å². The Morgan fingerprint density at radius 1 is 1.06 bits per heavy atom. The molecule has 1 amide bonds. The third-order valence-corrected chi connectivity index (χ3v) is 6.11. The van der Waals surface area contributed by atoms with Gasteiger partial charge in [-0.2, -0.15) is 0 Å². The molecule has 32 heavy (non-hydrogen) atoms. The van der Waals surface area contributed by atoms with Crippen LogP contribution in [0, 0.1) is 6.92 Å². The maximum absolute atomic E-state index is 12.4. The Balaban J connectivity index is 1.28. The number of aryl methyl sites for hydroxylation is 1. The minimum absolute atomic E-state index is 0.0831. The Bertz CT molecular complexity index is 1120. The lowest BCUT2D eigenvalue weighted by Gasteiger charge is -2.38. The smallest absolute Gasteiger partial charge is 0.262 e. The second kappa shape index (κ2) is 8.76. The maximum Gasteiger partial charge on any atom is 0.262 e. The number of ether oxygens (including phenoxy) is 3. The van der Waals surface area contributed by atoms with Crippen molar-refractivity contribution in [3.8, 4) is 5.75 Å². The highest BCUT2D eigenvalue weighted by atomic mass is 16.7. The summed E-state index contributed by atoms with van der Waals surface area (Å²) in [5.41, 5.74) is 2.55. The zero-order chi connectivity index (χ0) is 22.0. The van der Waals surface area contributed by atoms with Crippen LogP contribution in [0.5, 0.6) is 5.75 Å². The summed E-state index contributed by atoms with van der Waals surface area (Å²) >= 11 is 0. The number of hydrogen-bond donors (Lipinski definition) is 1. The Labute approximate surface area is 187 Å². The average molecular weight is 434 g/mol. The fourth-order valence-electron chi connectivity index (χ4n) is 4.31. The molecule has 0 aliphatic carbocycles. The van der Waals surface area contributed by atoms with Crippen LogP contribution in [0.2, 0.25) is 0 Å². The molecular formula is C25H27N3O4. The van der Waals surface area contributed by atoms with Crippen molar-refractivity contribution in [3.05, 3.63) is 60.2 Å². The summed E-state index contributed by atoms with van der Waals surface area (Å²) in [6.45, 7) is 4.86. The molecule has 7 nitrogen and oxygen atoms in total. The molecule has 0 saturated carbocycles. The number of rotatable bonds is 5. The van der Waals surface area contributed by atoms with Gasteiger partial charge in [0.1, 0.15) is 17.1 Å². The number of benzene rings is 2. The topological polar surface area (TPSA) is 72.9 Å². The summed E-state index contributed by atoms with van der Waals surface area (Å²) in [6, 6.07) is 17.5. The van der Waals surface area contributed by atoms with E-state index in [4.69, 9.17) is 19.2 Å². The molecule has 7 heteroatoms. The van der Waals surface area contributed by atoms with Crippen molar-refractivity contribution >= 4 is 28.3 Å². The number of piperidine rings is 1. The first-order chi connectivity index (χ1) is 15.6. The van der Waals surface area contributed by atoms with Gasteiger partial charge in [0, 0.05) is 37.0 Å². The van der Waals surface area contributed by atoms with E-state index in [1.165, 1.54) is 0 Å².